The van der Waals surface area contributed by atoms with Gasteiger partial charge in [0.25, 0.3) is 0 Å². The molecule has 2 rings (SSSR count). The van der Waals surface area contributed by atoms with Crippen molar-refractivity contribution in [3.63, 3.8) is 0 Å². The zero-order chi connectivity index (χ0) is 12.3. The Morgan fingerprint density at radius 1 is 1.06 bits per heavy atom. The highest BCUT2D eigenvalue weighted by atomic mass is 127. The SMILES string of the molecule is NCc1c(F)cccc1Oc1ccccc1I. The molecule has 0 unspecified atom stereocenters. The third-order valence-corrected chi connectivity index (χ3v) is 3.23. The molecule has 0 aromatic heterocycles. The van der Waals surface area contributed by atoms with Gasteiger partial charge in [0.1, 0.15) is 17.3 Å². The first kappa shape index (κ1) is 12.3. The normalized spacial score (nSPS) is 10.3. The van der Waals surface area contributed by atoms with Crippen molar-refractivity contribution in [1.82, 2.24) is 0 Å². The first-order valence-electron chi connectivity index (χ1n) is 5.12. The van der Waals surface area contributed by atoms with Crippen LogP contribution in [0.25, 0.3) is 0 Å². The predicted octanol–water partition coefficient (Wildman–Crippen LogP) is 3.68. The number of benzene rings is 2. The van der Waals surface area contributed by atoms with Crippen LogP contribution in [0.15, 0.2) is 42.5 Å². The molecule has 0 saturated heterocycles. The van der Waals surface area contributed by atoms with E-state index in [0.717, 1.165) is 3.57 Å². The Morgan fingerprint density at radius 2 is 1.76 bits per heavy atom. The molecule has 0 aliphatic rings. The van der Waals surface area contributed by atoms with Gasteiger partial charge in [-0.25, -0.2) is 4.39 Å². The maximum atomic E-state index is 13.5. The van der Waals surface area contributed by atoms with Crippen molar-refractivity contribution in [2.75, 3.05) is 0 Å². The standard InChI is InChI=1S/C13H11FINO/c14-10-4-3-7-12(9(10)8-16)17-13-6-2-1-5-11(13)15/h1-7H,8,16H2. The van der Waals surface area contributed by atoms with E-state index in [2.05, 4.69) is 22.6 Å². The number of rotatable bonds is 3. The van der Waals surface area contributed by atoms with Crippen LogP contribution in [0, 0.1) is 9.39 Å². The Hall–Kier alpha value is -1.14. The van der Waals surface area contributed by atoms with Crippen molar-refractivity contribution in [3.05, 3.63) is 57.4 Å². The lowest BCUT2D eigenvalue weighted by Crippen LogP contribution is -2.02. The van der Waals surface area contributed by atoms with Gasteiger partial charge in [0, 0.05) is 12.1 Å². The monoisotopic (exact) mass is 343 g/mol. The molecule has 17 heavy (non-hydrogen) atoms. The summed E-state index contributed by atoms with van der Waals surface area (Å²) in [7, 11) is 0. The molecule has 0 aliphatic heterocycles. The second kappa shape index (κ2) is 5.46. The van der Waals surface area contributed by atoms with Gasteiger partial charge >= 0.3 is 0 Å². The highest BCUT2D eigenvalue weighted by Gasteiger charge is 2.09. The summed E-state index contributed by atoms with van der Waals surface area (Å²) in [6.07, 6.45) is 0. The molecule has 0 bridgehead atoms. The van der Waals surface area contributed by atoms with Crippen molar-refractivity contribution < 1.29 is 9.13 Å². The van der Waals surface area contributed by atoms with E-state index in [1.165, 1.54) is 6.07 Å². The average Bonchev–Trinajstić information content (AvgIpc) is 2.32. The number of nitrogens with two attached hydrogens (primary N) is 1. The van der Waals surface area contributed by atoms with Crippen LogP contribution in [0.1, 0.15) is 5.56 Å². The van der Waals surface area contributed by atoms with Crippen molar-refractivity contribution in [2.24, 2.45) is 5.73 Å². The van der Waals surface area contributed by atoms with E-state index in [0.29, 0.717) is 17.1 Å². The van der Waals surface area contributed by atoms with E-state index in [4.69, 9.17) is 10.5 Å². The molecular weight excluding hydrogens is 332 g/mol. The van der Waals surface area contributed by atoms with Gasteiger partial charge in [-0.15, -0.1) is 0 Å². The van der Waals surface area contributed by atoms with Crippen molar-refractivity contribution in [1.29, 1.82) is 0 Å². The lowest BCUT2D eigenvalue weighted by Gasteiger charge is -2.11. The molecule has 4 heteroatoms. The van der Waals surface area contributed by atoms with Gasteiger partial charge in [-0.3, -0.25) is 0 Å². The van der Waals surface area contributed by atoms with E-state index in [1.54, 1.807) is 12.1 Å². The quantitative estimate of drug-likeness (QED) is 0.863. The molecule has 88 valence electrons. The number of hydrogen-bond donors (Lipinski definition) is 1. The van der Waals surface area contributed by atoms with Gasteiger partial charge in [-0.2, -0.15) is 0 Å². The molecule has 0 spiro atoms. The minimum atomic E-state index is -0.337. The van der Waals surface area contributed by atoms with Gasteiger partial charge in [0.15, 0.2) is 0 Å². The summed E-state index contributed by atoms with van der Waals surface area (Å²) in [5, 5.41) is 0. The van der Waals surface area contributed by atoms with E-state index in [1.807, 2.05) is 24.3 Å². The maximum absolute atomic E-state index is 13.5. The minimum Gasteiger partial charge on any atom is -0.456 e. The van der Waals surface area contributed by atoms with Crippen LogP contribution in [-0.4, -0.2) is 0 Å². The van der Waals surface area contributed by atoms with Crippen molar-refractivity contribution in [3.8, 4) is 11.5 Å². The molecule has 2 nitrogen and oxygen atoms in total. The maximum Gasteiger partial charge on any atom is 0.140 e. The van der Waals surface area contributed by atoms with Crippen LogP contribution in [0.3, 0.4) is 0 Å². The van der Waals surface area contributed by atoms with Crippen LogP contribution < -0.4 is 10.5 Å². The van der Waals surface area contributed by atoms with Gasteiger partial charge in [0.05, 0.1) is 3.57 Å². The fraction of sp³-hybridized carbons (Fsp3) is 0.0769. The summed E-state index contributed by atoms with van der Waals surface area (Å²) in [5.74, 6) is 0.834. The molecule has 2 aromatic carbocycles. The van der Waals surface area contributed by atoms with E-state index in [-0.39, 0.29) is 12.4 Å². The van der Waals surface area contributed by atoms with Crippen LogP contribution in [0.2, 0.25) is 0 Å². The Balaban J connectivity index is 2.37. The van der Waals surface area contributed by atoms with Crippen molar-refractivity contribution in [2.45, 2.75) is 6.54 Å². The largest absolute Gasteiger partial charge is 0.456 e. The Labute approximate surface area is 113 Å². The lowest BCUT2D eigenvalue weighted by atomic mass is 10.2. The third-order valence-electron chi connectivity index (χ3n) is 2.34. The fourth-order valence-electron chi connectivity index (χ4n) is 1.48. The van der Waals surface area contributed by atoms with Crippen LogP contribution in [-0.2, 0) is 6.54 Å². The van der Waals surface area contributed by atoms with Gasteiger partial charge in [-0.05, 0) is 46.9 Å². The molecule has 0 radical (unpaired) electrons. The van der Waals surface area contributed by atoms with E-state index >= 15 is 0 Å². The molecular formula is C13H11FINO. The Bertz CT molecular complexity index is 531. The van der Waals surface area contributed by atoms with Crippen LogP contribution in [0.5, 0.6) is 11.5 Å². The summed E-state index contributed by atoms with van der Waals surface area (Å²) < 4.78 is 20.1. The summed E-state index contributed by atoms with van der Waals surface area (Å²) in [6.45, 7) is 0.116. The molecule has 0 saturated carbocycles. The Morgan fingerprint density at radius 3 is 2.47 bits per heavy atom. The second-order valence-corrected chi connectivity index (χ2v) is 4.62. The molecule has 0 heterocycles. The molecule has 0 amide bonds. The first-order valence-corrected chi connectivity index (χ1v) is 6.20. The molecule has 0 aliphatic carbocycles. The smallest absolute Gasteiger partial charge is 0.140 e. The number of hydrogen-bond acceptors (Lipinski definition) is 2. The van der Waals surface area contributed by atoms with Crippen LogP contribution >= 0.6 is 22.6 Å². The number of halogens is 2. The van der Waals surface area contributed by atoms with Crippen molar-refractivity contribution >= 4 is 22.6 Å². The third kappa shape index (κ3) is 2.76. The molecule has 0 atom stereocenters. The summed E-state index contributed by atoms with van der Waals surface area (Å²) in [4.78, 5) is 0. The highest BCUT2D eigenvalue weighted by molar-refractivity contribution is 14.1. The van der Waals surface area contributed by atoms with Gasteiger partial charge in [-0.1, -0.05) is 18.2 Å². The minimum absolute atomic E-state index is 0.116. The number of para-hydroxylation sites is 1. The van der Waals surface area contributed by atoms with E-state index in [9.17, 15) is 4.39 Å². The average molecular weight is 343 g/mol. The summed E-state index contributed by atoms with van der Waals surface area (Å²) in [6, 6.07) is 12.3. The highest BCUT2D eigenvalue weighted by Crippen LogP contribution is 2.29. The lowest BCUT2D eigenvalue weighted by molar-refractivity contribution is 0.464. The topological polar surface area (TPSA) is 35.2 Å². The van der Waals surface area contributed by atoms with Gasteiger partial charge in [0.2, 0.25) is 0 Å². The summed E-state index contributed by atoms with van der Waals surface area (Å²) >= 11 is 2.17. The van der Waals surface area contributed by atoms with E-state index < -0.39 is 0 Å². The van der Waals surface area contributed by atoms with Gasteiger partial charge < -0.3 is 10.5 Å². The van der Waals surface area contributed by atoms with Crippen LogP contribution in [0.4, 0.5) is 4.39 Å². The molecule has 0 fully saturated rings. The zero-order valence-corrected chi connectivity index (χ0v) is 11.1. The zero-order valence-electron chi connectivity index (χ0n) is 8.99. The Kier molecular flexibility index (Phi) is 3.96. The number of ether oxygens (including phenoxy) is 1. The predicted molar refractivity (Wildman–Crippen MR) is 73.5 cm³/mol. The molecule has 2 N–H and O–H groups in total. The fourth-order valence-corrected chi connectivity index (χ4v) is 1.98. The molecule has 2 aromatic rings. The second-order valence-electron chi connectivity index (χ2n) is 3.45. The summed E-state index contributed by atoms with van der Waals surface area (Å²) in [5.41, 5.74) is 5.92. The first-order chi connectivity index (χ1) is 8.22.